The molecule has 0 fully saturated rings. The number of hydrogen-bond acceptors (Lipinski definition) is 4. The molecule has 0 aromatic carbocycles. The van der Waals surface area contributed by atoms with Gasteiger partial charge in [-0.3, -0.25) is 0 Å². The van der Waals surface area contributed by atoms with Crippen LogP contribution >= 0.6 is 36.6 Å². The first-order valence-corrected chi connectivity index (χ1v) is 8.00. The van der Waals surface area contributed by atoms with Gasteiger partial charge in [-0.05, 0) is 24.7 Å². The van der Waals surface area contributed by atoms with Crippen molar-refractivity contribution in [3.8, 4) is 0 Å². The highest BCUT2D eigenvalue weighted by atomic mass is 32.2. The van der Waals surface area contributed by atoms with Gasteiger partial charge < -0.3 is 5.32 Å². The third kappa shape index (κ3) is 12.1. The Balaban J connectivity index is 3.77. The molecule has 0 atom stereocenters. The van der Waals surface area contributed by atoms with Crippen LogP contribution in [0, 0.1) is 0 Å². The lowest BCUT2D eigenvalue weighted by Gasteiger charge is -2.01. The molecule has 0 amide bonds. The van der Waals surface area contributed by atoms with E-state index in [-0.39, 0.29) is 0 Å². The molecule has 0 bridgehead atoms. The van der Waals surface area contributed by atoms with Crippen molar-refractivity contribution in [3.05, 3.63) is 36.2 Å². The van der Waals surface area contributed by atoms with Crippen molar-refractivity contribution in [2.75, 3.05) is 17.3 Å². The second-order valence-electron chi connectivity index (χ2n) is 3.31. The molecule has 0 rings (SSSR count). The molecule has 0 radical (unpaired) electrons. The first-order chi connectivity index (χ1) is 8.35. The van der Waals surface area contributed by atoms with Crippen LogP contribution in [0.25, 0.3) is 0 Å². The highest BCUT2D eigenvalue weighted by Gasteiger charge is 1.88. The first kappa shape index (κ1) is 16.8. The lowest BCUT2D eigenvalue weighted by atomic mass is 10.3. The summed E-state index contributed by atoms with van der Waals surface area (Å²) < 4.78 is 0. The summed E-state index contributed by atoms with van der Waals surface area (Å²) in [4.78, 5) is 0. The molecular weight excluding hydrogens is 266 g/mol. The Morgan fingerprint density at radius 3 is 2.88 bits per heavy atom. The molecule has 1 N–H and O–H groups in total. The number of allylic oxidation sites excluding steroid dienone is 3. The Morgan fingerprint density at radius 2 is 2.24 bits per heavy atom. The number of nitrogens with one attached hydrogen (secondary N) is 1. The minimum Gasteiger partial charge on any atom is -0.365 e. The molecule has 0 heterocycles. The van der Waals surface area contributed by atoms with Crippen LogP contribution in [-0.2, 0) is 0 Å². The molecule has 0 aromatic rings. The normalized spacial score (nSPS) is 12.5. The second kappa shape index (κ2) is 13.9. The van der Waals surface area contributed by atoms with Crippen molar-refractivity contribution in [1.82, 2.24) is 5.32 Å². The molecule has 0 aliphatic carbocycles. The van der Waals surface area contributed by atoms with Gasteiger partial charge in [0.05, 0.1) is 0 Å². The Hall–Kier alpha value is -0.190. The molecule has 0 saturated heterocycles. The summed E-state index contributed by atoms with van der Waals surface area (Å²) in [6, 6.07) is 0. The summed E-state index contributed by atoms with van der Waals surface area (Å²) in [6.07, 6.45) is 12.4. The van der Waals surface area contributed by atoms with Gasteiger partial charge >= 0.3 is 0 Å². The van der Waals surface area contributed by atoms with E-state index in [9.17, 15) is 0 Å². The number of thiocarbonyl (C=S) groups is 1. The van der Waals surface area contributed by atoms with Crippen LogP contribution in [-0.4, -0.2) is 22.6 Å². The van der Waals surface area contributed by atoms with Crippen LogP contribution in [0.5, 0.6) is 0 Å². The predicted octanol–water partition coefficient (Wildman–Crippen LogP) is 3.99. The van der Waals surface area contributed by atoms with Crippen LogP contribution in [0.2, 0.25) is 0 Å². The fourth-order valence-electron chi connectivity index (χ4n) is 1.03. The van der Waals surface area contributed by atoms with Crippen molar-refractivity contribution in [1.29, 1.82) is 0 Å². The van der Waals surface area contributed by atoms with Crippen molar-refractivity contribution in [3.63, 3.8) is 0 Å². The SMILES string of the molecule is CCCSC/C=C/C/C=C(\CS)NC=CC=S. The summed E-state index contributed by atoms with van der Waals surface area (Å²) in [6.45, 7) is 2.21. The average molecular weight is 288 g/mol. The fourth-order valence-corrected chi connectivity index (χ4v) is 2.06. The number of thiol groups is 1. The van der Waals surface area contributed by atoms with Crippen LogP contribution in [0.1, 0.15) is 19.8 Å². The van der Waals surface area contributed by atoms with E-state index in [0.29, 0.717) is 5.75 Å². The quantitative estimate of drug-likeness (QED) is 0.207. The van der Waals surface area contributed by atoms with Gasteiger partial charge in [0.1, 0.15) is 0 Å². The van der Waals surface area contributed by atoms with Crippen LogP contribution in [0.4, 0.5) is 0 Å². The van der Waals surface area contributed by atoms with E-state index in [1.165, 1.54) is 12.2 Å². The summed E-state index contributed by atoms with van der Waals surface area (Å²) in [7, 11) is 0. The third-order valence-electron chi connectivity index (χ3n) is 1.84. The Labute approximate surface area is 120 Å². The molecule has 0 saturated carbocycles. The van der Waals surface area contributed by atoms with Crippen molar-refractivity contribution >= 4 is 42.0 Å². The van der Waals surface area contributed by atoms with Crippen molar-refractivity contribution < 1.29 is 0 Å². The predicted molar refractivity (Wildman–Crippen MR) is 89.2 cm³/mol. The van der Waals surface area contributed by atoms with Gasteiger partial charge in [0.25, 0.3) is 0 Å². The van der Waals surface area contributed by atoms with E-state index in [1.807, 2.05) is 18.0 Å². The zero-order chi connectivity index (χ0) is 12.8. The number of thioether (sulfide) groups is 1. The van der Waals surface area contributed by atoms with Gasteiger partial charge in [0.15, 0.2) is 0 Å². The number of rotatable bonds is 10. The smallest absolute Gasteiger partial charge is 0.0302 e. The molecule has 0 aliphatic heterocycles. The maximum atomic E-state index is 4.69. The minimum atomic E-state index is 0.709. The maximum Gasteiger partial charge on any atom is 0.0302 e. The van der Waals surface area contributed by atoms with Gasteiger partial charge in [-0.1, -0.05) is 37.4 Å². The molecule has 0 spiro atoms. The standard InChI is InChI=1S/C13H21NS3/c1-2-10-17-11-5-3-4-7-13(12-16)14-8-6-9-15/h3,5-9,14,16H,2,4,10-12H2,1H3/b5-3+,8-6?,13-7+. The highest BCUT2D eigenvalue weighted by Crippen LogP contribution is 2.03. The monoisotopic (exact) mass is 287 g/mol. The molecule has 0 unspecified atom stereocenters. The van der Waals surface area contributed by atoms with E-state index < -0.39 is 0 Å². The third-order valence-corrected chi connectivity index (χ3v) is 3.47. The molecule has 1 nitrogen and oxygen atoms in total. The first-order valence-electron chi connectivity index (χ1n) is 5.74. The zero-order valence-electron chi connectivity index (χ0n) is 10.3. The van der Waals surface area contributed by atoms with Crippen LogP contribution < -0.4 is 5.32 Å². The molecular formula is C13H21NS3. The van der Waals surface area contributed by atoms with Gasteiger partial charge in [0, 0.05) is 28.8 Å². The van der Waals surface area contributed by atoms with E-state index in [0.717, 1.165) is 17.9 Å². The Kier molecular flexibility index (Phi) is 13.7. The lowest BCUT2D eigenvalue weighted by molar-refractivity contribution is 1.05. The second-order valence-corrected chi connectivity index (χ2v) is 5.05. The molecule has 4 heteroatoms. The Bertz CT molecular complexity index is 270. The van der Waals surface area contributed by atoms with E-state index in [2.05, 4.69) is 43.1 Å². The summed E-state index contributed by atoms with van der Waals surface area (Å²) in [5.74, 6) is 3.06. The molecule has 0 aromatic heterocycles. The Morgan fingerprint density at radius 1 is 1.41 bits per heavy atom. The average Bonchev–Trinajstić information content (AvgIpc) is 2.35. The molecule has 0 aliphatic rings. The molecule has 96 valence electrons. The minimum absolute atomic E-state index is 0.709. The van der Waals surface area contributed by atoms with Crippen LogP contribution in [0.15, 0.2) is 36.2 Å². The van der Waals surface area contributed by atoms with Crippen molar-refractivity contribution in [2.45, 2.75) is 19.8 Å². The van der Waals surface area contributed by atoms with Crippen molar-refractivity contribution in [2.24, 2.45) is 0 Å². The van der Waals surface area contributed by atoms with E-state index >= 15 is 0 Å². The van der Waals surface area contributed by atoms with Crippen LogP contribution in [0.3, 0.4) is 0 Å². The molecule has 17 heavy (non-hydrogen) atoms. The topological polar surface area (TPSA) is 12.0 Å². The largest absolute Gasteiger partial charge is 0.365 e. The fraction of sp³-hybridized carbons (Fsp3) is 0.462. The summed E-state index contributed by atoms with van der Waals surface area (Å²) in [5.41, 5.74) is 1.10. The van der Waals surface area contributed by atoms with E-state index in [4.69, 9.17) is 12.2 Å². The number of hydrogen-bond donors (Lipinski definition) is 2. The lowest BCUT2D eigenvalue weighted by Crippen LogP contribution is -2.05. The maximum absolute atomic E-state index is 4.69. The highest BCUT2D eigenvalue weighted by molar-refractivity contribution is 7.99. The van der Waals surface area contributed by atoms with Gasteiger partial charge in [-0.15, -0.1) is 0 Å². The summed E-state index contributed by atoms with van der Waals surface area (Å²) in [5, 5.41) is 4.73. The summed E-state index contributed by atoms with van der Waals surface area (Å²) >= 11 is 10.9. The van der Waals surface area contributed by atoms with E-state index in [1.54, 1.807) is 11.4 Å². The van der Waals surface area contributed by atoms with Gasteiger partial charge in [0.2, 0.25) is 0 Å². The zero-order valence-corrected chi connectivity index (χ0v) is 12.8. The van der Waals surface area contributed by atoms with Gasteiger partial charge in [-0.25, -0.2) is 0 Å². The van der Waals surface area contributed by atoms with Gasteiger partial charge in [-0.2, -0.15) is 24.4 Å².